The molecule has 0 radical (unpaired) electrons. The van der Waals surface area contributed by atoms with Crippen molar-refractivity contribution in [3.63, 3.8) is 0 Å². The van der Waals surface area contributed by atoms with Gasteiger partial charge in [0, 0.05) is 11.2 Å². The van der Waals surface area contributed by atoms with Crippen molar-refractivity contribution in [1.29, 1.82) is 0 Å². The van der Waals surface area contributed by atoms with Crippen LogP contribution in [0, 0.1) is 0 Å². The largest absolute Gasteiger partial charge is 0.378 e. The second-order valence-electron chi connectivity index (χ2n) is 3.18. The highest BCUT2D eigenvalue weighted by molar-refractivity contribution is 6.36. The Hall–Kier alpha value is -1.32. The molecule has 0 saturated carbocycles. The van der Waals surface area contributed by atoms with Gasteiger partial charge in [-0.15, -0.1) is 0 Å². The molecular weight excluding hydrogens is 245 g/mol. The molecule has 82 valence electrons. The van der Waals surface area contributed by atoms with Gasteiger partial charge in [-0.3, -0.25) is 0 Å². The molecule has 0 aliphatic rings. The number of nitrogens with one attached hydrogen (secondary N) is 1. The maximum absolute atomic E-state index is 6.02. The molecule has 0 amide bonds. The average molecular weight is 254 g/mol. The van der Waals surface area contributed by atoms with Crippen LogP contribution in [0.4, 0.5) is 5.69 Å². The van der Waals surface area contributed by atoms with Crippen LogP contribution in [0.1, 0.15) is 5.69 Å². The van der Waals surface area contributed by atoms with Crippen LogP contribution >= 0.6 is 23.2 Å². The zero-order valence-electron chi connectivity index (χ0n) is 8.32. The summed E-state index contributed by atoms with van der Waals surface area (Å²) in [6.07, 6.45) is 3.22. The van der Waals surface area contributed by atoms with E-state index in [1.165, 1.54) is 6.33 Å². The maximum Gasteiger partial charge on any atom is 0.115 e. The Kier molecular flexibility index (Phi) is 3.59. The molecule has 1 aromatic carbocycles. The third kappa shape index (κ3) is 2.84. The monoisotopic (exact) mass is 253 g/mol. The summed E-state index contributed by atoms with van der Waals surface area (Å²) in [5.74, 6) is 0. The zero-order chi connectivity index (χ0) is 11.4. The summed E-state index contributed by atoms with van der Waals surface area (Å²) in [5.41, 5.74) is 1.74. The van der Waals surface area contributed by atoms with Crippen LogP contribution in [0.2, 0.25) is 10.0 Å². The number of nitrogens with zero attached hydrogens (tertiary/aromatic N) is 2. The molecule has 0 atom stereocenters. The van der Waals surface area contributed by atoms with E-state index < -0.39 is 0 Å². The Morgan fingerprint density at radius 1 is 1.19 bits per heavy atom. The van der Waals surface area contributed by atoms with Gasteiger partial charge in [-0.2, -0.15) is 0 Å². The Labute approximate surface area is 103 Å². The fourth-order valence-electron chi connectivity index (χ4n) is 1.24. The number of benzene rings is 1. The van der Waals surface area contributed by atoms with Crippen molar-refractivity contribution in [2.45, 2.75) is 6.54 Å². The van der Waals surface area contributed by atoms with E-state index in [9.17, 15) is 0 Å². The van der Waals surface area contributed by atoms with Gasteiger partial charge in [0.05, 0.1) is 22.9 Å². The summed E-state index contributed by atoms with van der Waals surface area (Å²) in [6, 6.07) is 7.17. The fraction of sp³-hybridized carbons (Fsp3) is 0.0909. The minimum absolute atomic E-state index is 0.599. The summed E-state index contributed by atoms with van der Waals surface area (Å²) in [7, 11) is 0. The first kappa shape index (κ1) is 11.2. The SMILES string of the molecule is Clc1ccc(NCc2ccncn2)c(Cl)c1. The quantitative estimate of drug-likeness (QED) is 0.912. The van der Waals surface area contributed by atoms with Crippen LogP contribution in [-0.2, 0) is 6.54 Å². The highest BCUT2D eigenvalue weighted by Crippen LogP contribution is 2.25. The van der Waals surface area contributed by atoms with Crippen LogP contribution in [0.25, 0.3) is 0 Å². The summed E-state index contributed by atoms with van der Waals surface area (Å²) in [6.45, 7) is 0.601. The molecule has 1 heterocycles. The first-order valence-electron chi connectivity index (χ1n) is 4.69. The van der Waals surface area contributed by atoms with Crippen molar-refractivity contribution in [3.8, 4) is 0 Å². The lowest BCUT2D eigenvalue weighted by molar-refractivity contribution is 1.01. The van der Waals surface area contributed by atoms with Gasteiger partial charge in [0.15, 0.2) is 0 Å². The lowest BCUT2D eigenvalue weighted by Crippen LogP contribution is -2.01. The normalized spacial score (nSPS) is 10.1. The predicted octanol–water partition coefficient (Wildman–Crippen LogP) is 3.40. The van der Waals surface area contributed by atoms with E-state index in [4.69, 9.17) is 23.2 Å². The average Bonchev–Trinajstić information content (AvgIpc) is 2.29. The summed E-state index contributed by atoms with van der Waals surface area (Å²) < 4.78 is 0. The Bertz CT molecular complexity index is 474. The van der Waals surface area contributed by atoms with Gasteiger partial charge in [0.1, 0.15) is 6.33 Å². The number of anilines is 1. The summed E-state index contributed by atoms with van der Waals surface area (Å²) in [5, 5.41) is 4.40. The second kappa shape index (κ2) is 5.14. The van der Waals surface area contributed by atoms with E-state index in [1.807, 2.05) is 12.1 Å². The molecule has 0 spiro atoms. The molecule has 2 rings (SSSR count). The van der Waals surface area contributed by atoms with Crippen molar-refractivity contribution >= 4 is 28.9 Å². The van der Waals surface area contributed by atoms with E-state index in [0.717, 1.165) is 11.4 Å². The lowest BCUT2D eigenvalue weighted by atomic mass is 10.3. The van der Waals surface area contributed by atoms with Crippen LogP contribution in [0.3, 0.4) is 0 Å². The molecule has 0 bridgehead atoms. The molecule has 0 aliphatic heterocycles. The number of aromatic nitrogens is 2. The summed E-state index contributed by atoms with van der Waals surface area (Å²) in [4.78, 5) is 7.95. The first-order valence-corrected chi connectivity index (χ1v) is 5.45. The minimum atomic E-state index is 0.599. The van der Waals surface area contributed by atoms with E-state index in [0.29, 0.717) is 16.6 Å². The fourth-order valence-corrected chi connectivity index (χ4v) is 1.72. The molecule has 0 aliphatic carbocycles. The maximum atomic E-state index is 6.02. The molecule has 3 nitrogen and oxygen atoms in total. The Balaban J connectivity index is 2.05. The van der Waals surface area contributed by atoms with Crippen molar-refractivity contribution in [2.75, 3.05) is 5.32 Å². The van der Waals surface area contributed by atoms with Crippen molar-refractivity contribution in [1.82, 2.24) is 9.97 Å². The van der Waals surface area contributed by atoms with Gasteiger partial charge in [-0.25, -0.2) is 9.97 Å². The lowest BCUT2D eigenvalue weighted by Gasteiger charge is -2.07. The second-order valence-corrected chi connectivity index (χ2v) is 4.02. The Morgan fingerprint density at radius 3 is 2.75 bits per heavy atom. The number of halogens is 2. The molecule has 0 fully saturated rings. The van der Waals surface area contributed by atoms with Crippen LogP contribution in [0.5, 0.6) is 0 Å². The molecule has 2 aromatic rings. The van der Waals surface area contributed by atoms with Crippen LogP contribution in [0.15, 0.2) is 36.8 Å². The number of rotatable bonds is 3. The molecule has 1 aromatic heterocycles. The number of hydrogen-bond acceptors (Lipinski definition) is 3. The van der Waals surface area contributed by atoms with E-state index in [1.54, 1.807) is 18.3 Å². The van der Waals surface area contributed by atoms with Gasteiger partial charge in [-0.1, -0.05) is 23.2 Å². The Morgan fingerprint density at radius 2 is 2.06 bits per heavy atom. The van der Waals surface area contributed by atoms with Gasteiger partial charge < -0.3 is 5.32 Å². The molecular formula is C11H9Cl2N3. The van der Waals surface area contributed by atoms with Crippen molar-refractivity contribution in [2.24, 2.45) is 0 Å². The standard InChI is InChI=1S/C11H9Cl2N3/c12-8-1-2-11(10(13)5-8)15-6-9-3-4-14-7-16-9/h1-5,7,15H,6H2. The third-order valence-electron chi connectivity index (χ3n) is 2.03. The van der Waals surface area contributed by atoms with Gasteiger partial charge in [0.25, 0.3) is 0 Å². The topological polar surface area (TPSA) is 37.8 Å². The van der Waals surface area contributed by atoms with Crippen LogP contribution in [-0.4, -0.2) is 9.97 Å². The molecule has 5 heteroatoms. The highest BCUT2D eigenvalue weighted by atomic mass is 35.5. The van der Waals surface area contributed by atoms with Gasteiger partial charge >= 0.3 is 0 Å². The van der Waals surface area contributed by atoms with Crippen molar-refractivity contribution in [3.05, 3.63) is 52.5 Å². The van der Waals surface area contributed by atoms with Crippen LogP contribution < -0.4 is 5.32 Å². The molecule has 0 saturated heterocycles. The van der Waals surface area contributed by atoms with E-state index >= 15 is 0 Å². The van der Waals surface area contributed by atoms with Gasteiger partial charge in [-0.05, 0) is 24.3 Å². The minimum Gasteiger partial charge on any atom is -0.378 e. The molecule has 0 unspecified atom stereocenters. The first-order chi connectivity index (χ1) is 7.75. The zero-order valence-corrected chi connectivity index (χ0v) is 9.83. The molecule has 16 heavy (non-hydrogen) atoms. The van der Waals surface area contributed by atoms with Crippen molar-refractivity contribution < 1.29 is 0 Å². The predicted molar refractivity (Wildman–Crippen MR) is 65.8 cm³/mol. The molecule has 1 N–H and O–H groups in total. The van der Waals surface area contributed by atoms with E-state index in [2.05, 4.69) is 15.3 Å². The highest BCUT2D eigenvalue weighted by Gasteiger charge is 2.00. The number of hydrogen-bond donors (Lipinski definition) is 1. The summed E-state index contributed by atoms with van der Waals surface area (Å²) >= 11 is 11.8. The third-order valence-corrected chi connectivity index (χ3v) is 2.58. The smallest absolute Gasteiger partial charge is 0.115 e. The van der Waals surface area contributed by atoms with E-state index in [-0.39, 0.29) is 0 Å². The van der Waals surface area contributed by atoms with Gasteiger partial charge in [0.2, 0.25) is 0 Å².